The Balaban J connectivity index is 0.000000194. The predicted molar refractivity (Wildman–Crippen MR) is 119 cm³/mol. The Labute approximate surface area is 166 Å². The van der Waals surface area contributed by atoms with Crippen molar-refractivity contribution in [3.05, 3.63) is 90.5 Å². The average molecular weight is 360 g/mol. The SMILES string of the molecule is BC(c1ccccc1)c1ccccc1.CCCCCCCCn1ccnc1. The van der Waals surface area contributed by atoms with Crippen molar-refractivity contribution in [1.29, 1.82) is 0 Å². The Hall–Kier alpha value is -2.29. The zero-order valence-electron chi connectivity index (χ0n) is 16.9. The van der Waals surface area contributed by atoms with Gasteiger partial charge in [0.25, 0.3) is 0 Å². The largest absolute Gasteiger partial charge is 0.337 e. The van der Waals surface area contributed by atoms with Gasteiger partial charge in [-0.25, -0.2) is 4.98 Å². The van der Waals surface area contributed by atoms with Gasteiger partial charge in [-0.1, -0.05) is 99.7 Å². The summed E-state index contributed by atoms with van der Waals surface area (Å²) in [6.07, 6.45) is 13.9. The van der Waals surface area contributed by atoms with E-state index < -0.39 is 0 Å². The molecule has 0 aliphatic rings. The van der Waals surface area contributed by atoms with Gasteiger partial charge in [-0.05, 0) is 23.4 Å². The third-order valence-corrected chi connectivity index (χ3v) is 4.93. The molecular formula is C24H33BN2. The molecule has 3 rings (SSSR count). The average Bonchev–Trinajstić information content (AvgIpc) is 3.25. The number of imidazole rings is 1. The lowest BCUT2D eigenvalue weighted by Crippen LogP contribution is -1.99. The van der Waals surface area contributed by atoms with Gasteiger partial charge >= 0.3 is 0 Å². The lowest BCUT2D eigenvalue weighted by atomic mass is 9.76. The molecule has 0 saturated carbocycles. The fraction of sp³-hybridized carbons (Fsp3) is 0.375. The van der Waals surface area contributed by atoms with E-state index in [1.165, 1.54) is 49.7 Å². The van der Waals surface area contributed by atoms with Crippen molar-refractivity contribution in [2.24, 2.45) is 0 Å². The Morgan fingerprint density at radius 2 is 1.37 bits per heavy atom. The Morgan fingerprint density at radius 1 is 0.815 bits per heavy atom. The van der Waals surface area contributed by atoms with Crippen molar-refractivity contribution < 1.29 is 0 Å². The maximum Gasteiger partial charge on any atom is 0.116 e. The van der Waals surface area contributed by atoms with Crippen LogP contribution in [-0.4, -0.2) is 17.4 Å². The molecule has 27 heavy (non-hydrogen) atoms. The highest BCUT2D eigenvalue weighted by atomic mass is 15.0. The van der Waals surface area contributed by atoms with E-state index in [4.69, 9.17) is 0 Å². The minimum atomic E-state index is 0.484. The summed E-state index contributed by atoms with van der Waals surface area (Å²) >= 11 is 0. The van der Waals surface area contributed by atoms with Crippen LogP contribution in [0.3, 0.4) is 0 Å². The van der Waals surface area contributed by atoms with E-state index >= 15 is 0 Å². The molecule has 0 spiro atoms. The zero-order valence-corrected chi connectivity index (χ0v) is 16.9. The van der Waals surface area contributed by atoms with E-state index in [2.05, 4.69) is 85.0 Å². The second-order valence-electron chi connectivity index (χ2n) is 7.11. The molecule has 0 saturated heterocycles. The van der Waals surface area contributed by atoms with Crippen LogP contribution in [0.1, 0.15) is 62.4 Å². The van der Waals surface area contributed by atoms with Crippen molar-refractivity contribution in [3.63, 3.8) is 0 Å². The highest BCUT2D eigenvalue weighted by Gasteiger charge is 2.05. The van der Waals surface area contributed by atoms with E-state index in [-0.39, 0.29) is 0 Å². The minimum absolute atomic E-state index is 0.484. The molecule has 0 amide bonds. The monoisotopic (exact) mass is 360 g/mol. The quantitative estimate of drug-likeness (QED) is 0.356. The van der Waals surface area contributed by atoms with E-state index in [0.717, 1.165) is 6.54 Å². The summed E-state index contributed by atoms with van der Waals surface area (Å²) in [6.45, 7) is 3.39. The van der Waals surface area contributed by atoms with Crippen LogP contribution < -0.4 is 0 Å². The maximum absolute atomic E-state index is 4.01. The highest BCUT2D eigenvalue weighted by Crippen LogP contribution is 2.20. The first kappa shape index (κ1) is 21.0. The molecule has 0 fully saturated rings. The van der Waals surface area contributed by atoms with Crippen LogP contribution in [0.5, 0.6) is 0 Å². The minimum Gasteiger partial charge on any atom is -0.337 e. The number of unbranched alkanes of at least 4 members (excludes halogenated alkanes) is 5. The van der Waals surface area contributed by atoms with Crippen LogP contribution in [0, 0.1) is 0 Å². The summed E-state index contributed by atoms with van der Waals surface area (Å²) in [6, 6.07) is 21.2. The smallest absolute Gasteiger partial charge is 0.116 e. The molecule has 2 nitrogen and oxygen atoms in total. The van der Waals surface area contributed by atoms with Gasteiger partial charge in [-0.3, -0.25) is 0 Å². The molecule has 1 heterocycles. The number of hydrogen-bond donors (Lipinski definition) is 0. The summed E-state index contributed by atoms with van der Waals surface area (Å²) < 4.78 is 2.15. The van der Waals surface area contributed by atoms with E-state index in [0.29, 0.717) is 5.82 Å². The molecule has 1 aromatic heterocycles. The Bertz CT molecular complexity index is 656. The van der Waals surface area contributed by atoms with Gasteiger partial charge in [0, 0.05) is 18.9 Å². The summed E-state index contributed by atoms with van der Waals surface area (Å²) in [7, 11) is 2.24. The van der Waals surface area contributed by atoms with Crippen LogP contribution >= 0.6 is 0 Å². The molecule has 0 aliphatic carbocycles. The van der Waals surface area contributed by atoms with Crippen LogP contribution in [0.2, 0.25) is 0 Å². The van der Waals surface area contributed by atoms with Gasteiger partial charge in [-0.2, -0.15) is 0 Å². The van der Waals surface area contributed by atoms with Crippen molar-refractivity contribution in [2.45, 2.75) is 57.8 Å². The summed E-state index contributed by atoms with van der Waals surface area (Å²) in [5.41, 5.74) is 2.75. The number of aromatic nitrogens is 2. The molecule has 0 atom stereocenters. The van der Waals surface area contributed by atoms with E-state index in [9.17, 15) is 0 Å². The van der Waals surface area contributed by atoms with Crippen molar-refractivity contribution in [3.8, 4) is 0 Å². The third-order valence-electron chi connectivity index (χ3n) is 4.93. The molecule has 0 unspecified atom stereocenters. The highest BCUT2D eigenvalue weighted by molar-refractivity contribution is 6.14. The van der Waals surface area contributed by atoms with Crippen LogP contribution in [0.4, 0.5) is 0 Å². The first-order chi connectivity index (χ1) is 13.3. The fourth-order valence-corrected chi connectivity index (χ4v) is 3.17. The molecule has 3 aromatic rings. The first-order valence-corrected chi connectivity index (χ1v) is 10.4. The normalized spacial score (nSPS) is 10.4. The molecule has 0 aliphatic heterocycles. The number of benzene rings is 2. The molecule has 0 radical (unpaired) electrons. The summed E-state index contributed by atoms with van der Waals surface area (Å²) in [5.74, 6) is 0.484. The van der Waals surface area contributed by atoms with Gasteiger partial charge in [0.05, 0.1) is 6.33 Å². The molecular weight excluding hydrogens is 327 g/mol. The predicted octanol–water partition coefficient (Wildman–Crippen LogP) is 5.65. The van der Waals surface area contributed by atoms with Crippen LogP contribution in [0.15, 0.2) is 79.4 Å². The topological polar surface area (TPSA) is 17.8 Å². The third kappa shape index (κ3) is 8.30. The van der Waals surface area contributed by atoms with Crippen molar-refractivity contribution >= 4 is 7.85 Å². The van der Waals surface area contributed by atoms with Gasteiger partial charge < -0.3 is 4.57 Å². The van der Waals surface area contributed by atoms with Gasteiger partial charge in [0.15, 0.2) is 0 Å². The van der Waals surface area contributed by atoms with Gasteiger partial charge in [-0.15, -0.1) is 0 Å². The fourth-order valence-electron chi connectivity index (χ4n) is 3.17. The zero-order chi connectivity index (χ0) is 19.2. The number of aryl methyl sites for hydroxylation is 1. The molecule has 3 heteroatoms. The summed E-state index contributed by atoms with van der Waals surface area (Å²) in [5, 5.41) is 0. The standard InChI is InChI=1S/C13H13B.C11H20N2/c14-13(11-7-3-1-4-8-11)12-9-5-2-6-10-12;1-2-3-4-5-6-7-9-13-10-8-12-11-13/h1-10,13H,14H2;8,10-11H,2-7,9H2,1H3. The molecule has 0 N–H and O–H groups in total. The number of rotatable bonds is 9. The summed E-state index contributed by atoms with van der Waals surface area (Å²) in [4.78, 5) is 4.01. The second-order valence-corrected chi connectivity index (χ2v) is 7.11. The first-order valence-electron chi connectivity index (χ1n) is 10.4. The van der Waals surface area contributed by atoms with E-state index in [1.807, 2.05) is 18.7 Å². The van der Waals surface area contributed by atoms with E-state index in [1.54, 1.807) is 0 Å². The van der Waals surface area contributed by atoms with Gasteiger partial charge in [0.1, 0.15) is 7.85 Å². The number of nitrogens with zero attached hydrogens (tertiary/aromatic N) is 2. The Morgan fingerprint density at radius 3 is 1.89 bits per heavy atom. The molecule has 2 aromatic carbocycles. The Kier molecular flexibility index (Phi) is 10.1. The van der Waals surface area contributed by atoms with Crippen LogP contribution in [0.25, 0.3) is 0 Å². The lowest BCUT2D eigenvalue weighted by molar-refractivity contribution is 0.558. The lowest BCUT2D eigenvalue weighted by Gasteiger charge is -2.11. The van der Waals surface area contributed by atoms with Gasteiger partial charge in [0.2, 0.25) is 0 Å². The maximum atomic E-state index is 4.01. The van der Waals surface area contributed by atoms with Crippen LogP contribution in [-0.2, 0) is 6.54 Å². The number of hydrogen-bond acceptors (Lipinski definition) is 1. The second kappa shape index (κ2) is 13.0. The van der Waals surface area contributed by atoms with Crippen molar-refractivity contribution in [2.75, 3.05) is 0 Å². The van der Waals surface area contributed by atoms with Crippen molar-refractivity contribution in [1.82, 2.24) is 9.55 Å². The molecule has 142 valence electrons. The molecule has 0 bridgehead atoms.